The SMILES string of the molecule is SB1[B][B]C2[B][B][B][B][B]C([B]1)[B]2. The van der Waals surface area contributed by atoms with Crippen LogP contribution in [0.1, 0.15) is 0 Å². The van der Waals surface area contributed by atoms with Gasteiger partial charge in [-0.25, -0.2) is 12.5 Å². The first-order chi connectivity index (χ1) is 6.34. The summed E-state index contributed by atoms with van der Waals surface area (Å²) >= 11 is 4.45. The van der Waals surface area contributed by atoms with E-state index in [-0.39, 0.29) is 5.77 Å². The molecule has 0 nitrogen and oxygen atoms in total. The summed E-state index contributed by atoms with van der Waals surface area (Å²) in [6.45, 7) is 0. The zero-order chi connectivity index (χ0) is 9.10. The molecule has 2 unspecified atom stereocenters. The second-order valence-electron chi connectivity index (χ2n) is 3.38. The van der Waals surface area contributed by atoms with Crippen molar-refractivity contribution in [1.82, 2.24) is 0 Å². The molecule has 0 aliphatic carbocycles. The zero-order valence-electron chi connectivity index (χ0n) is 7.38. The van der Waals surface area contributed by atoms with Crippen molar-refractivity contribution < 1.29 is 0 Å². The van der Waals surface area contributed by atoms with Crippen LogP contribution in [0.4, 0.5) is 0 Å². The van der Waals surface area contributed by atoms with E-state index in [1.54, 1.807) is 0 Å². The van der Waals surface area contributed by atoms with Crippen LogP contribution < -0.4 is 0 Å². The molecule has 0 amide bonds. The van der Waals surface area contributed by atoms with Crippen molar-refractivity contribution in [1.29, 1.82) is 0 Å². The second-order valence-corrected chi connectivity index (χ2v) is 3.97. The first kappa shape index (κ1) is 10.5. The lowest BCUT2D eigenvalue weighted by Gasteiger charge is -2.21. The number of hydrogen-bond donors (Lipinski definition) is 1. The lowest BCUT2D eigenvalue weighted by molar-refractivity contribution is 1.68. The smallest absolute Gasteiger partial charge is 0.117 e. The van der Waals surface area contributed by atoms with Crippen LogP contribution in [-0.2, 0) is 0 Å². The Morgan fingerprint density at radius 3 is 2.54 bits per heavy atom. The molecule has 2 aliphatic rings. The molecule has 0 N–H and O–H groups in total. The fraction of sp³-hybridized carbons (Fsp3) is 1.00. The molecule has 0 spiro atoms. The summed E-state index contributed by atoms with van der Waals surface area (Å²) in [7, 11) is 19.6. The average Bonchev–Trinajstić information content (AvgIpc) is 2.24. The minimum absolute atomic E-state index is 0.280. The zero-order valence-corrected chi connectivity index (χ0v) is 8.27. The summed E-state index contributed by atoms with van der Waals surface area (Å²) in [4.78, 5) is 0. The largest absolute Gasteiger partial charge is 0.248 e. The maximum absolute atomic E-state index is 4.45. The molecule has 11 heteroatoms. The predicted octanol–water partition coefficient (Wildman–Crippen LogP) is -2.75. The maximum atomic E-state index is 4.45. The molecule has 47 valence electrons. The Hall–Kier alpha value is 0.999. The quantitative estimate of drug-likeness (QED) is 0.293. The minimum Gasteiger partial charge on any atom is -0.248 e. The highest BCUT2D eigenvalue weighted by Gasteiger charge is 2.28. The summed E-state index contributed by atoms with van der Waals surface area (Å²) in [5.74, 6) is 0.280. The number of hydrogen-bond acceptors (Lipinski definition) is 1. The molecule has 0 aromatic rings. The van der Waals surface area contributed by atoms with Crippen molar-refractivity contribution in [3.8, 4) is 0 Å². The Morgan fingerprint density at radius 2 is 1.69 bits per heavy atom. The van der Waals surface area contributed by atoms with Crippen LogP contribution in [0.15, 0.2) is 0 Å². The molecule has 9 radical (unpaired) electrons. The van der Waals surface area contributed by atoms with E-state index in [0.29, 0.717) is 11.2 Å². The van der Waals surface area contributed by atoms with E-state index in [0.717, 1.165) is 0 Å². The fourth-order valence-electron chi connectivity index (χ4n) is 1.62. The Morgan fingerprint density at radius 1 is 0.923 bits per heavy atom. The summed E-state index contributed by atoms with van der Waals surface area (Å²) in [6.07, 6.45) is 0. The van der Waals surface area contributed by atoms with Gasteiger partial charge < -0.3 is 0 Å². The second kappa shape index (κ2) is 5.19. The van der Waals surface area contributed by atoms with Crippen molar-refractivity contribution in [2.75, 3.05) is 0 Å². The lowest BCUT2D eigenvalue weighted by Crippen LogP contribution is -2.38. The Bertz CT molecular complexity index is 163. The van der Waals surface area contributed by atoms with Crippen molar-refractivity contribution in [2.45, 2.75) is 11.2 Å². The van der Waals surface area contributed by atoms with Gasteiger partial charge in [0.2, 0.25) is 0 Å². The van der Waals surface area contributed by atoms with E-state index in [4.69, 9.17) is 0 Å². The van der Waals surface area contributed by atoms with Crippen LogP contribution in [0.2, 0.25) is 11.2 Å². The number of fused-ring (bicyclic) bond motifs is 2. The Balaban J connectivity index is 1.96. The predicted molar refractivity (Wildman–Crippen MR) is 74.0 cm³/mol. The molecule has 2 fully saturated rings. The van der Waals surface area contributed by atoms with Crippen LogP contribution in [0.3, 0.4) is 0 Å². The van der Waals surface area contributed by atoms with Crippen molar-refractivity contribution in [3.05, 3.63) is 0 Å². The third-order valence-corrected chi connectivity index (χ3v) is 2.63. The summed E-state index contributed by atoms with van der Waals surface area (Å²) < 4.78 is 0. The third-order valence-electron chi connectivity index (χ3n) is 2.28. The number of thiol groups is 1. The highest BCUT2D eigenvalue weighted by atomic mass is 32.1. The maximum Gasteiger partial charge on any atom is 0.117 e. The van der Waals surface area contributed by atoms with E-state index in [2.05, 4.69) is 76.7 Å². The van der Waals surface area contributed by atoms with Crippen molar-refractivity contribution in [2.24, 2.45) is 0 Å². The van der Waals surface area contributed by atoms with Gasteiger partial charge in [-0.1, -0.05) is 0 Å². The Kier molecular flexibility index (Phi) is 4.19. The van der Waals surface area contributed by atoms with E-state index < -0.39 is 0 Å². The molecule has 0 saturated carbocycles. The molecule has 2 saturated heterocycles. The van der Waals surface area contributed by atoms with Gasteiger partial charge in [0, 0.05) is 49.8 Å². The van der Waals surface area contributed by atoms with E-state index in [9.17, 15) is 0 Å². The Labute approximate surface area is 93.7 Å². The summed E-state index contributed by atoms with van der Waals surface area (Å²) in [6, 6.07) is 0. The third kappa shape index (κ3) is 3.25. The molecule has 2 rings (SSSR count). The van der Waals surface area contributed by atoms with Gasteiger partial charge in [0.15, 0.2) is 0 Å². The normalized spacial score (nSPS) is 30.7. The van der Waals surface area contributed by atoms with Crippen molar-refractivity contribution in [3.63, 3.8) is 0 Å². The van der Waals surface area contributed by atoms with Gasteiger partial charge in [0.05, 0.1) is 14.4 Å². The van der Waals surface area contributed by atoms with Crippen LogP contribution in [-0.4, -0.2) is 70.0 Å². The van der Waals surface area contributed by atoms with Crippen molar-refractivity contribution >= 4 is 82.5 Å². The highest BCUT2D eigenvalue weighted by Crippen LogP contribution is 2.14. The first-order valence-corrected chi connectivity index (χ1v) is 5.11. The van der Waals surface area contributed by atoms with E-state index in [1.807, 2.05) is 0 Å². The van der Waals surface area contributed by atoms with Gasteiger partial charge in [-0.05, 0) is 0 Å². The molecule has 2 heterocycles. The summed E-state index contributed by atoms with van der Waals surface area (Å²) in [5, 5.41) is 0. The summed E-state index contributed by atoms with van der Waals surface area (Å²) in [5.41, 5.74) is 0.906. The molecular formula is C2H3B10S. The van der Waals surface area contributed by atoms with Gasteiger partial charge in [-0.2, -0.15) is 0 Å². The molecule has 2 atom stereocenters. The van der Waals surface area contributed by atoms with Crippen LogP contribution in [0.5, 0.6) is 0 Å². The van der Waals surface area contributed by atoms with Gasteiger partial charge in [0.25, 0.3) is 0 Å². The lowest BCUT2D eigenvalue weighted by atomic mass is 8.91. The van der Waals surface area contributed by atoms with Gasteiger partial charge >= 0.3 is 0 Å². The topological polar surface area (TPSA) is 0 Å². The standard InChI is InChI=1S/C2H3B10S/c13-12-7-2-3-1(6-11-12)4-8-10-9-5-2/h1-2,13H. The molecular weight excluding hydrogens is 164 g/mol. The molecule has 2 bridgehead atoms. The van der Waals surface area contributed by atoms with E-state index in [1.165, 1.54) is 0 Å². The highest BCUT2D eigenvalue weighted by molar-refractivity contribution is 8.24. The molecule has 2 aliphatic heterocycles. The van der Waals surface area contributed by atoms with Gasteiger partial charge in [-0.15, -0.1) is 11.2 Å². The number of rotatable bonds is 0. The fourth-order valence-corrected chi connectivity index (χ4v) is 1.92. The van der Waals surface area contributed by atoms with E-state index >= 15 is 0 Å². The van der Waals surface area contributed by atoms with Crippen LogP contribution >= 0.6 is 12.5 Å². The molecule has 0 aromatic carbocycles. The van der Waals surface area contributed by atoms with Gasteiger partial charge in [0.1, 0.15) is 5.77 Å². The molecule has 13 heavy (non-hydrogen) atoms. The average molecular weight is 167 g/mol. The van der Waals surface area contributed by atoms with Crippen LogP contribution in [0, 0.1) is 0 Å². The molecule has 0 aromatic heterocycles. The monoisotopic (exact) mass is 169 g/mol. The minimum atomic E-state index is 0.280. The first-order valence-electron chi connectivity index (χ1n) is 4.59. The van der Waals surface area contributed by atoms with Crippen LogP contribution in [0.25, 0.3) is 0 Å². The van der Waals surface area contributed by atoms with Gasteiger partial charge in [-0.3, -0.25) is 0 Å².